The Labute approximate surface area is 320 Å². The zero-order valence-corrected chi connectivity index (χ0v) is 33.3. The molecule has 0 saturated heterocycles. The number of hydrogen-bond acceptors (Lipinski definition) is 6. The van der Waals surface area contributed by atoms with E-state index in [-0.39, 0.29) is 46.8 Å². The summed E-state index contributed by atoms with van der Waals surface area (Å²) < 4.78 is 0. The number of anilines is 4. The lowest BCUT2D eigenvalue weighted by Gasteiger charge is -2.48. The van der Waals surface area contributed by atoms with Crippen molar-refractivity contribution >= 4 is 34.6 Å². The summed E-state index contributed by atoms with van der Waals surface area (Å²) in [6.07, 6.45) is -2.00. The first-order valence-electron chi connectivity index (χ1n) is 19.5. The summed E-state index contributed by atoms with van der Waals surface area (Å²) in [7, 11) is 0. The molecule has 7 rings (SSSR count). The summed E-state index contributed by atoms with van der Waals surface area (Å²) in [5, 5.41) is 31.0. The highest BCUT2D eigenvalue weighted by molar-refractivity contribution is 6.06. The van der Waals surface area contributed by atoms with Crippen molar-refractivity contribution in [2.24, 2.45) is 0 Å². The van der Waals surface area contributed by atoms with E-state index in [0.29, 0.717) is 33.6 Å². The van der Waals surface area contributed by atoms with Gasteiger partial charge >= 0.3 is 0 Å². The van der Waals surface area contributed by atoms with Crippen molar-refractivity contribution in [3.05, 3.63) is 118 Å². The fourth-order valence-electron chi connectivity index (χ4n) is 9.46. The largest absolute Gasteiger partial charge is 0.392 e. The second-order valence-corrected chi connectivity index (χ2v) is 17.4. The second-order valence-electron chi connectivity index (χ2n) is 17.4. The number of hydrogen-bond donors (Lipinski definition) is 4. The number of aliphatic hydroxyl groups excluding tert-OH is 2. The summed E-state index contributed by atoms with van der Waals surface area (Å²) in [6, 6.07) is 27.3. The SMILES string of the molecule is CC(C)N1c2cc(NC(=O)c3ccccc3)c(C3C(O)C(c4cc5c(cc4NC(=O)c4ccccc4)N(C(C)C)C(C)C5(C)C)C3O)cc2C(C)(C)C1C. The number of nitrogens with one attached hydrogen (secondary N) is 2. The van der Waals surface area contributed by atoms with Crippen LogP contribution in [-0.4, -0.2) is 58.4 Å². The first-order valence-corrected chi connectivity index (χ1v) is 19.5. The summed E-state index contributed by atoms with van der Waals surface area (Å²) in [5.74, 6) is -1.88. The monoisotopic (exact) mass is 728 g/mol. The number of benzene rings is 4. The van der Waals surface area contributed by atoms with E-state index in [9.17, 15) is 19.8 Å². The van der Waals surface area contributed by atoms with E-state index in [1.54, 1.807) is 24.3 Å². The standard InChI is InChI=1S/C46H56N4O4/c1-25(2)49-27(5)45(7,8)33-21-31(35(23-37(33)49)47-43(53)29-17-13-11-14-18-29)39-41(51)40(42(39)52)32-22-34-38(50(26(3)4)28(6)46(34,9)10)24-36(32)48-44(54)30-19-15-12-16-20-30/h11-28,39-42,51-52H,1-10H3,(H,47,53)(H,48,54). The van der Waals surface area contributed by atoms with Crippen LogP contribution >= 0.6 is 0 Å². The molecule has 1 saturated carbocycles. The normalized spacial score (nSPS) is 25.0. The van der Waals surface area contributed by atoms with Gasteiger partial charge in [-0.05, 0) is 100 Å². The highest BCUT2D eigenvalue weighted by atomic mass is 16.3. The molecule has 0 radical (unpaired) electrons. The van der Waals surface area contributed by atoms with Gasteiger partial charge in [-0.15, -0.1) is 0 Å². The second kappa shape index (κ2) is 13.6. The van der Waals surface area contributed by atoms with Crippen molar-refractivity contribution in [2.45, 2.75) is 128 Å². The maximum Gasteiger partial charge on any atom is 0.255 e. The molecule has 2 aliphatic heterocycles. The third-order valence-electron chi connectivity index (χ3n) is 13.1. The molecule has 2 amide bonds. The zero-order valence-electron chi connectivity index (χ0n) is 33.3. The van der Waals surface area contributed by atoms with Crippen LogP contribution in [0.2, 0.25) is 0 Å². The zero-order chi connectivity index (χ0) is 39.0. The van der Waals surface area contributed by atoms with Gasteiger partial charge in [-0.3, -0.25) is 9.59 Å². The molecule has 8 nitrogen and oxygen atoms in total. The lowest BCUT2D eigenvalue weighted by molar-refractivity contribution is -0.0781. The van der Waals surface area contributed by atoms with Crippen molar-refractivity contribution in [3.8, 4) is 0 Å². The fourth-order valence-corrected chi connectivity index (χ4v) is 9.46. The molecule has 2 atom stereocenters. The van der Waals surface area contributed by atoms with Crippen LogP contribution in [0.1, 0.15) is 124 Å². The van der Waals surface area contributed by atoms with Gasteiger partial charge in [0.2, 0.25) is 0 Å². The van der Waals surface area contributed by atoms with Gasteiger partial charge in [0.05, 0.1) is 12.2 Å². The minimum absolute atomic E-state index is 0.183. The molecule has 0 bridgehead atoms. The molecule has 2 heterocycles. The Morgan fingerprint density at radius 1 is 0.593 bits per heavy atom. The lowest BCUT2D eigenvalue weighted by Crippen LogP contribution is -2.52. The molecule has 0 spiro atoms. The number of carbonyl (C=O) groups excluding carboxylic acids is 2. The van der Waals surface area contributed by atoms with Crippen LogP contribution in [-0.2, 0) is 10.8 Å². The van der Waals surface area contributed by atoms with Crippen LogP contribution in [0, 0.1) is 0 Å². The third-order valence-corrected chi connectivity index (χ3v) is 13.1. The molecule has 0 aromatic heterocycles. The molecule has 4 aromatic carbocycles. The number of fused-ring (bicyclic) bond motifs is 2. The Kier molecular flexibility index (Phi) is 9.46. The number of rotatable bonds is 8. The molecule has 8 heteroatoms. The number of aliphatic hydroxyl groups is 2. The van der Waals surface area contributed by atoms with E-state index < -0.39 is 24.0 Å². The van der Waals surface area contributed by atoms with E-state index in [2.05, 4.69) is 102 Å². The molecule has 3 aliphatic rings. The molecule has 4 N–H and O–H groups in total. The molecule has 1 fully saturated rings. The van der Waals surface area contributed by atoms with Crippen molar-refractivity contribution in [3.63, 3.8) is 0 Å². The van der Waals surface area contributed by atoms with E-state index in [1.165, 1.54) is 0 Å². The van der Waals surface area contributed by atoms with Gasteiger partial charge in [-0.2, -0.15) is 0 Å². The molecule has 284 valence electrons. The highest BCUT2D eigenvalue weighted by Gasteiger charge is 2.54. The average molecular weight is 729 g/mol. The first kappa shape index (κ1) is 37.6. The van der Waals surface area contributed by atoms with Gasteiger partial charge in [-0.1, -0.05) is 76.2 Å². The lowest BCUT2D eigenvalue weighted by atomic mass is 9.61. The van der Waals surface area contributed by atoms with Gasteiger partial charge in [-0.25, -0.2) is 0 Å². The topological polar surface area (TPSA) is 105 Å². The Bertz CT molecular complexity index is 1920. The fraction of sp³-hybridized carbons (Fsp3) is 0.435. The molecule has 1 aliphatic carbocycles. The van der Waals surface area contributed by atoms with Crippen LogP contribution in [0.4, 0.5) is 22.7 Å². The predicted molar refractivity (Wildman–Crippen MR) is 219 cm³/mol. The van der Waals surface area contributed by atoms with E-state index in [4.69, 9.17) is 0 Å². The average Bonchev–Trinajstić information content (AvgIpc) is 3.45. The Balaban J connectivity index is 1.33. The molecule has 2 unspecified atom stereocenters. The van der Waals surface area contributed by atoms with Crippen molar-refractivity contribution in [1.82, 2.24) is 0 Å². The number of amides is 2. The van der Waals surface area contributed by atoms with E-state index in [1.807, 2.05) is 48.5 Å². The van der Waals surface area contributed by atoms with Gasteiger partial charge < -0.3 is 30.6 Å². The summed E-state index contributed by atoms with van der Waals surface area (Å²) >= 11 is 0. The third kappa shape index (κ3) is 5.89. The molecule has 4 aromatic rings. The smallest absolute Gasteiger partial charge is 0.255 e. The van der Waals surface area contributed by atoms with Crippen LogP contribution in [0.25, 0.3) is 0 Å². The molecular formula is C46H56N4O4. The minimum Gasteiger partial charge on any atom is -0.392 e. The summed E-state index contributed by atoms with van der Waals surface area (Å²) in [4.78, 5) is 32.2. The van der Waals surface area contributed by atoms with Crippen LogP contribution in [0.3, 0.4) is 0 Å². The predicted octanol–water partition coefficient (Wildman–Crippen LogP) is 8.58. The van der Waals surface area contributed by atoms with E-state index in [0.717, 1.165) is 22.5 Å². The molecule has 54 heavy (non-hydrogen) atoms. The Hall–Kier alpha value is -4.66. The number of carbonyl (C=O) groups is 2. The van der Waals surface area contributed by atoms with Crippen molar-refractivity contribution < 1.29 is 19.8 Å². The van der Waals surface area contributed by atoms with Gasteiger partial charge in [0.15, 0.2) is 0 Å². The summed E-state index contributed by atoms with van der Waals surface area (Å²) in [6.45, 7) is 22.1. The Morgan fingerprint density at radius 3 is 1.24 bits per heavy atom. The minimum atomic E-state index is -0.998. The van der Waals surface area contributed by atoms with Crippen molar-refractivity contribution in [1.29, 1.82) is 0 Å². The maximum atomic E-state index is 13.7. The maximum absolute atomic E-state index is 13.7. The van der Waals surface area contributed by atoms with Crippen molar-refractivity contribution in [2.75, 3.05) is 20.4 Å². The van der Waals surface area contributed by atoms with Gasteiger partial charge in [0.25, 0.3) is 11.8 Å². The highest BCUT2D eigenvalue weighted by Crippen LogP contribution is 2.57. The molecular weight excluding hydrogens is 673 g/mol. The van der Waals surface area contributed by atoms with Crippen LogP contribution in [0.5, 0.6) is 0 Å². The van der Waals surface area contributed by atoms with Crippen LogP contribution in [0.15, 0.2) is 84.9 Å². The van der Waals surface area contributed by atoms with Gasteiger partial charge in [0.1, 0.15) is 0 Å². The quantitative estimate of drug-likeness (QED) is 0.145. The summed E-state index contributed by atoms with van der Waals surface area (Å²) in [5.41, 5.74) is 7.49. The first-order chi connectivity index (χ1) is 25.5. The van der Waals surface area contributed by atoms with Crippen LogP contribution < -0.4 is 20.4 Å². The number of nitrogens with zero attached hydrogens (tertiary/aromatic N) is 2. The Morgan fingerprint density at radius 2 is 0.926 bits per heavy atom. The van der Waals surface area contributed by atoms with Gasteiger partial charge in [0, 0.05) is 80.7 Å². The van der Waals surface area contributed by atoms with E-state index >= 15 is 0 Å².